The second-order valence-electron chi connectivity index (χ2n) is 5.38. The van der Waals surface area contributed by atoms with E-state index in [1.807, 2.05) is 20.8 Å². The van der Waals surface area contributed by atoms with Gasteiger partial charge in [-0.2, -0.15) is 4.98 Å². The largest absolute Gasteiger partial charge is 0.437 e. The van der Waals surface area contributed by atoms with Gasteiger partial charge in [0, 0.05) is 16.5 Å². The molecular formula is C14H15Cl2N3O. The number of hydrogen-bond acceptors (Lipinski definition) is 4. The van der Waals surface area contributed by atoms with Crippen LogP contribution in [0.4, 0.5) is 5.82 Å². The maximum atomic E-state index is 6.06. The van der Waals surface area contributed by atoms with Crippen molar-refractivity contribution in [2.75, 3.05) is 5.73 Å². The van der Waals surface area contributed by atoms with Gasteiger partial charge < -0.3 is 10.5 Å². The van der Waals surface area contributed by atoms with E-state index in [1.165, 1.54) is 0 Å². The molecule has 1 heterocycles. The number of aromatic nitrogens is 2. The number of nitrogens with zero attached hydrogens (tertiary/aromatic N) is 2. The van der Waals surface area contributed by atoms with Crippen molar-refractivity contribution in [2.45, 2.75) is 26.2 Å². The van der Waals surface area contributed by atoms with Crippen molar-refractivity contribution in [2.24, 2.45) is 0 Å². The van der Waals surface area contributed by atoms with E-state index in [9.17, 15) is 0 Å². The Bertz CT molecular complexity index is 639. The topological polar surface area (TPSA) is 61.0 Å². The van der Waals surface area contributed by atoms with Crippen molar-refractivity contribution in [3.05, 3.63) is 40.1 Å². The first-order valence-electron chi connectivity index (χ1n) is 6.03. The maximum absolute atomic E-state index is 6.06. The zero-order chi connectivity index (χ0) is 14.9. The minimum atomic E-state index is -0.225. The van der Waals surface area contributed by atoms with Crippen molar-refractivity contribution >= 4 is 29.0 Å². The highest BCUT2D eigenvalue weighted by Gasteiger charge is 2.19. The average Bonchev–Trinajstić information content (AvgIpc) is 2.31. The van der Waals surface area contributed by atoms with Crippen LogP contribution in [-0.2, 0) is 5.41 Å². The number of rotatable bonds is 2. The zero-order valence-corrected chi connectivity index (χ0v) is 13.0. The lowest BCUT2D eigenvalue weighted by Gasteiger charge is -2.17. The first-order chi connectivity index (χ1) is 9.25. The van der Waals surface area contributed by atoms with E-state index in [2.05, 4.69) is 9.97 Å². The summed E-state index contributed by atoms with van der Waals surface area (Å²) in [5, 5.41) is 0.951. The van der Waals surface area contributed by atoms with Crippen LogP contribution in [0.1, 0.15) is 26.6 Å². The number of halogens is 2. The third kappa shape index (κ3) is 3.52. The fourth-order valence-electron chi connectivity index (χ4n) is 1.50. The molecule has 0 amide bonds. The van der Waals surface area contributed by atoms with Crippen LogP contribution in [-0.4, -0.2) is 9.97 Å². The smallest absolute Gasteiger partial charge is 0.224 e. The van der Waals surface area contributed by atoms with Gasteiger partial charge in [0.1, 0.15) is 17.4 Å². The molecule has 6 heteroatoms. The van der Waals surface area contributed by atoms with Crippen LogP contribution >= 0.6 is 23.2 Å². The molecule has 1 aromatic carbocycles. The van der Waals surface area contributed by atoms with Crippen molar-refractivity contribution in [3.8, 4) is 11.6 Å². The van der Waals surface area contributed by atoms with Gasteiger partial charge in [-0.3, -0.25) is 0 Å². The van der Waals surface area contributed by atoms with Crippen LogP contribution in [0.25, 0.3) is 0 Å². The fraction of sp³-hybridized carbons (Fsp3) is 0.286. The Morgan fingerprint density at radius 3 is 2.40 bits per heavy atom. The molecule has 0 atom stereocenters. The SMILES string of the molecule is CC(C)(C)c1nc(N)cc(Oc2ccc(Cl)cc2Cl)n1. The summed E-state index contributed by atoms with van der Waals surface area (Å²) in [5.74, 6) is 1.78. The van der Waals surface area contributed by atoms with Gasteiger partial charge in [0.05, 0.1) is 5.02 Å². The molecule has 0 saturated heterocycles. The molecule has 0 aliphatic heterocycles. The first-order valence-corrected chi connectivity index (χ1v) is 6.79. The molecule has 0 aliphatic carbocycles. The van der Waals surface area contributed by atoms with E-state index in [-0.39, 0.29) is 5.41 Å². The summed E-state index contributed by atoms with van der Waals surface area (Å²) < 4.78 is 5.66. The van der Waals surface area contributed by atoms with Gasteiger partial charge in [-0.25, -0.2) is 4.98 Å². The highest BCUT2D eigenvalue weighted by atomic mass is 35.5. The van der Waals surface area contributed by atoms with Crippen LogP contribution in [0.15, 0.2) is 24.3 Å². The number of anilines is 1. The van der Waals surface area contributed by atoms with E-state index < -0.39 is 0 Å². The van der Waals surface area contributed by atoms with Crippen LogP contribution in [0.2, 0.25) is 10.0 Å². The van der Waals surface area contributed by atoms with E-state index in [4.69, 9.17) is 33.7 Å². The van der Waals surface area contributed by atoms with Crippen LogP contribution in [0.5, 0.6) is 11.6 Å². The second-order valence-corrected chi connectivity index (χ2v) is 6.23. The summed E-state index contributed by atoms with van der Waals surface area (Å²) in [6.45, 7) is 6.00. The lowest BCUT2D eigenvalue weighted by molar-refractivity contribution is 0.447. The molecule has 0 fully saturated rings. The Balaban J connectivity index is 2.36. The maximum Gasteiger partial charge on any atom is 0.224 e. The molecule has 0 radical (unpaired) electrons. The standard InChI is InChI=1S/C14H15Cl2N3O/c1-14(2,3)13-18-11(17)7-12(19-13)20-10-5-4-8(15)6-9(10)16/h4-7H,1-3H3,(H2,17,18,19). The lowest BCUT2D eigenvalue weighted by atomic mass is 9.96. The van der Waals surface area contributed by atoms with Gasteiger partial charge in [-0.1, -0.05) is 44.0 Å². The minimum Gasteiger partial charge on any atom is -0.437 e. The summed E-state index contributed by atoms with van der Waals surface area (Å²) in [7, 11) is 0. The van der Waals surface area contributed by atoms with Crippen LogP contribution < -0.4 is 10.5 Å². The van der Waals surface area contributed by atoms with Gasteiger partial charge in [0.2, 0.25) is 5.88 Å². The van der Waals surface area contributed by atoms with Gasteiger partial charge in [0.15, 0.2) is 0 Å². The van der Waals surface area contributed by atoms with Crippen LogP contribution in [0, 0.1) is 0 Å². The van der Waals surface area contributed by atoms with Crippen molar-refractivity contribution < 1.29 is 4.74 Å². The summed E-state index contributed by atoms with van der Waals surface area (Å²) in [6, 6.07) is 6.53. The van der Waals surface area contributed by atoms with Crippen molar-refractivity contribution in [3.63, 3.8) is 0 Å². The molecule has 2 rings (SSSR count). The predicted molar refractivity (Wildman–Crippen MR) is 81.7 cm³/mol. The molecule has 2 aromatic rings. The molecule has 0 bridgehead atoms. The summed E-state index contributed by atoms with van der Waals surface area (Å²) in [6.07, 6.45) is 0. The molecule has 1 aromatic heterocycles. The average molecular weight is 312 g/mol. The first kappa shape index (κ1) is 14.9. The molecule has 2 N–H and O–H groups in total. The van der Waals surface area contributed by atoms with Gasteiger partial charge in [-0.15, -0.1) is 0 Å². The van der Waals surface area contributed by atoms with Crippen molar-refractivity contribution in [1.82, 2.24) is 9.97 Å². The zero-order valence-electron chi connectivity index (χ0n) is 11.4. The van der Waals surface area contributed by atoms with E-state index in [0.29, 0.717) is 33.3 Å². The third-order valence-corrected chi connectivity index (χ3v) is 3.03. The van der Waals surface area contributed by atoms with Gasteiger partial charge in [-0.05, 0) is 18.2 Å². The second kappa shape index (κ2) is 5.46. The quantitative estimate of drug-likeness (QED) is 0.889. The number of ether oxygens (including phenoxy) is 1. The Kier molecular flexibility index (Phi) is 4.06. The molecule has 106 valence electrons. The highest BCUT2D eigenvalue weighted by molar-refractivity contribution is 6.35. The summed E-state index contributed by atoms with van der Waals surface area (Å²) >= 11 is 11.9. The summed E-state index contributed by atoms with van der Waals surface area (Å²) in [4.78, 5) is 8.57. The van der Waals surface area contributed by atoms with E-state index >= 15 is 0 Å². The highest BCUT2D eigenvalue weighted by Crippen LogP contribution is 2.32. The minimum absolute atomic E-state index is 0.225. The van der Waals surface area contributed by atoms with Gasteiger partial charge in [0.25, 0.3) is 0 Å². The number of nitrogens with two attached hydrogens (primary N) is 1. The summed E-state index contributed by atoms with van der Waals surface area (Å²) in [5.41, 5.74) is 5.56. The normalized spacial score (nSPS) is 11.4. The Morgan fingerprint density at radius 1 is 1.10 bits per heavy atom. The van der Waals surface area contributed by atoms with E-state index in [0.717, 1.165) is 0 Å². The van der Waals surface area contributed by atoms with Crippen molar-refractivity contribution in [1.29, 1.82) is 0 Å². The van der Waals surface area contributed by atoms with E-state index in [1.54, 1.807) is 24.3 Å². The third-order valence-electron chi connectivity index (χ3n) is 2.50. The Labute approximate surface area is 127 Å². The molecule has 20 heavy (non-hydrogen) atoms. The molecule has 0 saturated carbocycles. The predicted octanol–water partition coefficient (Wildman–Crippen LogP) is 4.46. The van der Waals surface area contributed by atoms with Crippen LogP contribution in [0.3, 0.4) is 0 Å². The number of nitrogen functional groups attached to an aromatic ring is 1. The number of hydrogen-bond donors (Lipinski definition) is 1. The van der Waals surface area contributed by atoms with Gasteiger partial charge >= 0.3 is 0 Å². The molecule has 0 aliphatic rings. The fourth-order valence-corrected chi connectivity index (χ4v) is 1.95. The molecular weight excluding hydrogens is 297 g/mol. The molecule has 0 unspecified atom stereocenters. The lowest BCUT2D eigenvalue weighted by Crippen LogP contribution is -2.17. The Hall–Kier alpha value is -1.52. The Morgan fingerprint density at radius 2 is 1.80 bits per heavy atom. The molecule has 0 spiro atoms. The molecule has 4 nitrogen and oxygen atoms in total. The monoisotopic (exact) mass is 311 g/mol. The number of benzene rings is 1.